The van der Waals surface area contributed by atoms with E-state index in [0.717, 1.165) is 31.4 Å². The first kappa shape index (κ1) is 21.5. The highest BCUT2D eigenvalue weighted by Gasteiger charge is 2.28. The van der Waals surface area contributed by atoms with Crippen LogP contribution >= 0.6 is 0 Å². The van der Waals surface area contributed by atoms with E-state index < -0.39 is 0 Å². The number of nitrogens with zero attached hydrogens (tertiary/aromatic N) is 5. The number of pyridine rings is 1. The van der Waals surface area contributed by atoms with Crippen LogP contribution in [-0.2, 0) is 0 Å². The zero-order valence-electron chi connectivity index (χ0n) is 18.5. The molecule has 2 aromatic heterocycles. The lowest BCUT2D eigenvalue weighted by Gasteiger charge is -2.38. The maximum Gasteiger partial charge on any atom is 0.280 e. The number of aromatic nitrogens is 3. The van der Waals surface area contributed by atoms with Crippen molar-refractivity contribution < 1.29 is 4.79 Å². The fraction of sp³-hybridized carbons (Fsp3) is 0.333. The van der Waals surface area contributed by atoms with Gasteiger partial charge in [-0.2, -0.15) is 5.26 Å². The highest BCUT2D eigenvalue weighted by molar-refractivity contribution is 5.95. The Bertz CT molecular complexity index is 1230. The average Bonchev–Trinajstić information content (AvgIpc) is 3.19. The Morgan fingerprint density at radius 1 is 1.28 bits per heavy atom. The topological polar surface area (TPSA) is 98.0 Å². The fourth-order valence-electron chi connectivity index (χ4n) is 4.23. The van der Waals surface area contributed by atoms with Crippen molar-refractivity contribution in [2.24, 2.45) is 0 Å². The van der Waals surface area contributed by atoms with Crippen LogP contribution in [0.15, 0.2) is 47.5 Å². The summed E-state index contributed by atoms with van der Waals surface area (Å²) in [5.74, 6) is 0.346. The highest BCUT2D eigenvalue weighted by Crippen LogP contribution is 2.21. The largest absolute Gasteiger partial charge is 0.326 e. The molecule has 0 aliphatic carbocycles. The van der Waals surface area contributed by atoms with E-state index in [9.17, 15) is 9.59 Å². The average molecular weight is 431 g/mol. The SMILES string of the molecule is Cc1cc(-n2[nH]cc(-c3ccc(C#N)cc3)c2=O)ncc1C(=O)N(C)C1CCCCN1C. The molecule has 1 amide bonds. The molecule has 32 heavy (non-hydrogen) atoms. The first-order valence-corrected chi connectivity index (χ1v) is 10.7. The molecule has 1 fully saturated rings. The van der Waals surface area contributed by atoms with Gasteiger partial charge in [0, 0.05) is 19.4 Å². The minimum atomic E-state index is -0.248. The van der Waals surface area contributed by atoms with Gasteiger partial charge in [-0.1, -0.05) is 12.1 Å². The number of nitrogens with one attached hydrogen (secondary N) is 1. The normalized spacial score (nSPS) is 16.5. The Labute approximate surface area is 186 Å². The van der Waals surface area contributed by atoms with Crippen LogP contribution in [-0.4, -0.2) is 57.3 Å². The number of hydrogen-bond acceptors (Lipinski definition) is 5. The summed E-state index contributed by atoms with van der Waals surface area (Å²) in [7, 11) is 3.88. The molecule has 0 saturated carbocycles. The number of aryl methyl sites for hydroxylation is 1. The molecular weight excluding hydrogens is 404 g/mol. The molecule has 1 atom stereocenters. The van der Waals surface area contributed by atoms with Gasteiger partial charge < -0.3 is 4.90 Å². The van der Waals surface area contributed by atoms with Crippen LogP contribution in [0.2, 0.25) is 0 Å². The number of H-pyrrole nitrogens is 1. The summed E-state index contributed by atoms with van der Waals surface area (Å²) in [4.78, 5) is 34.5. The number of nitriles is 1. The van der Waals surface area contributed by atoms with Crippen LogP contribution in [0.5, 0.6) is 0 Å². The van der Waals surface area contributed by atoms with Crippen molar-refractivity contribution >= 4 is 5.91 Å². The Balaban J connectivity index is 1.60. The maximum absolute atomic E-state index is 13.1. The van der Waals surface area contributed by atoms with E-state index in [0.29, 0.717) is 28.1 Å². The number of amides is 1. The number of piperidine rings is 1. The molecule has 164 valence electrons. The first-order valence-electron chi connectivity index (χ1n) is 10.7. The minimum Gasteiger partial charge on any atom is -0.326 e. The number of hydrogen-bond donors (Lipinski definition) is 1. The lowest BCUT2D eigenvalue weighted by atomic mass is 10.1. The molecule has 0 radical (unpaired) electrons. The van der Waals surface area contributed by atoms with Crippen LogP contribution in [0.3, 0.4) is 0 Å². The molecule has 8 heteroatoms. The van der Waals surface area contributed by atoms with Crippen molar-refractivity contribution in [1.82, 2.24) is 24.6 Å². The van der Waals surface area contributed by atoms with E-state index in [4.69, 9.17) is 5.26 Å². The second-order valence-corrected chi connectivity index (χ2v) is 8.25. The van der Waals surface area contributed by atoms with Gasteiger partial charge >= 0.3 is 0 Å². The molecule has 4 rings (SSSR count). The Morgan fingerprint density at radius 2 is 2.03 bits per heavy atom. The van der Waals surface area contributed by atoms with Gasteiger partial charge in [0.1, 0.15) is 0 Å². The van der Waals surface area contributed by atoms with Gasteiger partial charge in [-0.3, -0.25) is 19.6 Å². The zero-order valence-corrected chi connectivity index (χ0v) is 18.5. The summed E-state index contributed by atoms with van der Waals surface area (Å²) >= 11 is 0. The van der Waals surface area contributed by atoms with Gasteiger partial charge in [0.25, 0.3) is 11.5 Å². The third kappa shape index (κ3) is 3.95. The van der Waals surface area contributed by atoms with Crippen LogP contribution in [0.25, 0.3) is 16.9 Å². The fourth-order valence-corrected chi connectivity index (χ4v) is 4.23. The van der Waals surface area contributed by atoms with Crippen LogP contribution < -0.4 is 5.56 Å². The van der Waals surface area contributed by atoms with E-state index in [1.165, 1.54) is 4.68 Å². The molecule has 3 heterocycles. The van der Waals surface area contributed by atoms with Crippen molar-refractivity contribution in [3.05, 3.63) is 69.8 Å². The van der Waals surface area contributed by atoms with Gasteiger partial charge in [-0.05, 0) is 69.1 Å². The summed E-state index contributed by atoms with van der Waals surface area (Å²) < 4.78 is 1.35. The second-order valence-electron chi connectivity index (χ2n) is 8.25. The molecule has 1 aromatic carbocycles. The number of carbonyl (C=O) groups excluding carboxylic acids is 1. The van der Waals surface area contributed by atoms with Crippen LogP contribution in [0, 0.1) is 18.3 Å². The smallest absolute Gasteiger partial charge is 0.280 e. The molecule has 1 aliphatic rings. The Morgan fingerprint density at radius 3 is 2.69 bits per heavy atom. The minimum absolute atomic E-state index is 0.0718. The van der Waals surface area contributed by atoms with Crippen molar-refractivity contribution in [2.75, 3.05) is 20.6 Å². The van der Waals surface area contributed by atoms with Gasteiger partial charge in [0.2, 0.25) is 0 Å². The highest BCUT2D eigenvalue weighted by atomic mass is 16.2. The monoisotopic (exact) mass is 430 g/mol. The van der Waals surface area contributed by atoms with Crippen molar-refractivity contribution in [3.63, 3.8) is 0 Å². The zero-order chi connectivity index (χ0) is 22.8. The number of rotatable bonds is 4. The van der Waals surface area contributed by atoms with Crippen LogP contribution in [0.4, 0.5) is 0 Å². The third-order valence-electron chi connectivity index (χ3n) is 6.15. The van der Waals surface area contributed by atoms with Gasteiger partial charge in [-0.25, -0.2) is 9.67 Å². The number of aromatic amines is 1. The number of benzene rings is 1. The molecule has 0 bridgehead atoms. The molecule has 0 spiro atoms. The van der Waals surface area contributed by atoms with Gasteiger partial charge in [-0.15, -0.1) is 0 Å². The molecular formula is C24H26N6O2. The Hall–Kier alpha value is -3.70. The third-order valence-corrected chi connectivity index (χ3v) is 6.15. The molecule has 8 nitrogen and oxygen atoms in total. The summed E-state index contributed by atoms with van der Waals surface area (Å²) in [6.45, 7) is 2.84. The summed E-state index contributed by atoms with van der Waals surface area (Å²) in [5.41, 5.74) is 2.77. The lowest BCUT2D eigenvalue weighted by molar-refractivity contribution is 0.0357. The molecule has 1 saturated heterocycles. The lowest BCUT2D eigenvalue weighted by Crippen LogP contribution is -2.49. The predicted octanol–water partition coefficient (Wildman–Crippen LogP) is 2.92. The first-order chi connectivity index (χ1) is 15.4. The van der Waals surface area contributed by atoms with E-state index >= 15 is 0 Å². The molecule has 1 aliphatic heterocycles. The standard InChI is InChI=1S/C24H26N6O2/c1-16-12-21(26-14-19(16)23(31)29(3)22-6-4-5-11-28(22)2)30-24(32)20(15-27-30)18-9-7-17(13-25)8-10-18/h7-10,12,14-15,22,27H,4-6,11H2,1-3H3. The van der Waals surface area contributed by atoms with Gasteiger partial charge in [0.15, 0.2) is 5.82 Å². The second kappa shape index (κ2) is 8.81. The van der Waals surface area contributed by atoms with Crippen molar-refractivity contribution in [2.45, 2.75) is 32.4 Å². The molecule has 3 aromatic rings. The Kier molecular flexibility index (Phi) is 5.93. The van der Waals surface area contributed by atoms with Crippen LogP contribution in [0.1, 0.15) is 40.7 Å². The van der Waals surface area contributed by atoms with Crippen molar-refractivity contribution in [3.8, 4) is 23.0 Å². The number of carbonyl (C=O) groups is 1. The van der Waals surface area contributed by atoms with E-state index in [1.54, 1.807) is 47.6 Å². The van der Waals surface area contributed by atoms with E-state index in [-0.39, 0.29) is 17.6 Å². The number of likely N-dealkylation sites (tertiary alicyclic amines) is 1. The van der Waals surface area contributed by atoms with E-state index in [1.807, 2.05) is 21.0 Å². The molecule has 1 N–H and O–H groups in total. The van der Waals surface area contributed by atoms with Gasteiger partial charge in [0.05, 0.1) is 28.9 Å². The summed E-state index contributed by atoms with van der Waals surface area (Å²) in [5, 5.41) is 11.9. The molecule has 1 unspecified atom stereocenters. The summed E-state index contributed by atoms with van der Waals surface area (Å²) in [6.07, 6.45) is 6.46. The predicted molar refractivity (Wildman–Crippen MR) is 121 cm³/mol. The van der Waals surface area contributed by atoms with E-state index in [2.05, 4.69) is 21.1 Å². The maximum atomic E-state index is 13.1. The van der Waals surface area contributed by atoms with Crippen molar-refractivity contribution in [1.29, 1.82) is 5.26 Å². The quantitative estimate of drug-likeness (QED) is 0.686. The summed E-state index contributed by atoms with van der Waals surface area (Å²) in [6, 6.07) is 10.6.